The molecular formula is C8H14Cl2O3Si. The van der Waals surface area contributed by atoms with E-state index < -0.39 is 10.3 Å². The van der Waals surface area contributed by atoms with Gasteiger partial charge in [0.2, 0.25) is 0 Å². The molecule has 0 bridgehead atoms. The number of hydrogen-bond acceptors (Lipinski definition) is 3. The third-order valence-electron chi connectivity index (χ3n) is 1.40. The zero-order valence-electron chi connectivity index (χ0n) is 8.31. The third-order valence-corrected chi connectivity index (χ3v) is 2.29. The van der Waals surface area contributed by atoms with Crippen LogP contribution in [0.25, 0.3) is 0 Å². The average molecular weight is 257 g/mol. The predicted octanol–water partition coefficient (Wildman–Crippen LogP) is 0.967. The van der Waals surface area contributed by atoms with Crippen LogP contribution >= 0.6 is 23.2 Å². The summed E-state index contributed by atoms with van der Waals surface area (Å²) in [5.74, 6) is -0.430. The molecule has 0 rings (SSSR count). The summed E-state index contributed by atoms with van der Waals surface area (Å²) < 4.78 is 8.79. The van der Waals surface area contributed by atoms with E-state index in [1.807, 2.05) is 0 Å². The number of rotatable bonds is 6. The maximum absolute atomic E-state index is 11.0. The standard InChI is InChI=1S/C8H14Cl2O3Si/c1-6(2)7(11)12-4-3-8(9,10)5-13-14/h1,3-5H2,2,14H3. The summed E-state index contributed by atoms with van der Waals surface area (Å²) in [6.07, 6.45) is 0.345. The van der Waals surface area contributed by atoms with Gasteiger partial charge in [-0.1, -0.05) is 29.8 Å². The first-order valence-electron chi connectivity index (χ1n) is 4.08. The molecule has 0 aromatic rings. The number of carbonyl (C=O) groups is 1. The van der Waals surface area contributed by atoms with E-state index in [4.69, 9.17) is 32.4 Å². The Labute approximate surface area is 96.9 Å². The van der Waals surface area contributed by atoms with Gasteiger partial charge in [-0.3, -0.25) is 0 Å². The molecule has 0 spiro atoms. The second-order valence-electron chi connectivity index (χ2n) is 2.96. The Bertz CT molecular complexity index is 219. The highest BCUT2D eigenvalue weighted by molar-refractivity contribution is 6.48. The molecule has 6 heteroatoms. The smallest absolute Gasteiger partial charge is 0.333 e. The van der Waals surface area contributed by atoms with Crippen molar-refractivity contribution in [1.29, 1.82) is 0 Å². The van der Waals surface area contributed by atoms with Crippen molar-refractivity contribution in [2.24, 2.45) is 0 Å². The van der Waals surface area contributed by atoms with E-state index in [2.05, 4.69) is 6.58 Å². The molecule has 0 aromatic heterocycles. The minimum Gasteiger partial charge on any atom is -0.462 e. The van der Waals surface area contributed by atoms with Gasteiger partial charge in [0.15, 0.2) is 0 Å². The molecule has 0 radical (unpaired) electrons. The first-order valence-corrected chi connectivity index (χ1v) is 5.65. The van der Waals surface area contributed by atoms with Crippen molar-refractivity contribution in [1.82, 2.24) is 0 Å². The van der Waals surface area contributed by atoms with Crippen molar-refractivity contribution in [3.8, 4) is 0 Å². The Balaban J connectivity index is 3.73. The molecule has 0 atom stereocenters. The highest BCUT2D eigenvalue weighted by atomic mass is 35.5. The number of halogens is 2. The Morgan fingerprint density at radius 1 is 1.57 bits per heavy atom. The minimum atomic E-state index is -0.975. The highest BCUT2D eigenvalue weighted by Gasteiger charge is 2.23. The largest absolute Gasteiger partial charge is 0.462 e. The summed E-state index contributed by atoms with van der Waals surface area (Å²) in [6, 6.07) is 0. The lowest BCUT2D eigenvalue weighted by Crippen LogP contribution is -2.23. The molecule has 0 aliphatic rings. The maximum atomic E-state index is 11.0. The van der Waals surface area contributed by atoms with Gasteiger partial charge in [-0.2, -0.15) is 0 Å². The molecule has 0 fully saturated rings. The van der Waals surface area contributed by atoms with Gasteiger partial charge in [0.1, 0.15) is 14.8 Å². The van der Waals surface area contributed by atoms with Gasteiger partial charge in [0.25, 0.3) is 0 Å². The summed E-state index contributed by atoms with van der Waals surface area (Å²) in [4.78, 5) is 11.0. The predicted molar refractivity (Wildman–Crippen MR) is 60.7 cm³/mol. The summed E-state index contributed by atoms with van der Waals surface area (Å²) >= 11 is 11.7. The van der Waals surface area contributed by atoms with Crippen molar-refractivity contribution in [2.75, 3.05) is 13.2 Å². The van der Waals surface area contributed by atoms with Crippen molar-refractivity contribution >= 4 is 39.7 Å². The fourth-order valence-corrected chi connectivity index (χ4v) is 1.93. The second kappa shape index (κ2) is 6.45. The van der Waals surface area contributed by atoms with E-state index in [9.17, 15) is 4.79 Å². The van der Waals surface area contributed by atoms with Gasteiger partial charge >= 0.3 is 5.97 Å². The van der Waals surface area contributed by atoms with E-state index in [0.717, 1.165) is 0 Å². The van der Waals surface area contributed by atoms with Crippen LogP contribution in [-0.4, -0.2) is 34.0 Å². The molecule has 0 unspecified atom stereocenters. The lowest BCUT2D eigenvalue weighted by molar-refractivity contribution is -0.139. The molecular weight excluding hydrogens is 243 g/mol. The first-order chi connectivity index (χ1) is 6.39. The van der Waals surface area contributed by atoms with Crippen molar-refractivity contribution < 1.29 is 14.0 Å². The second-order valence-corrected chi connectivity index (χ2v) is 5.17. The van der Waals surface area contributed by atoms with Crippen LogP contribution in [0.15, 0.2) is 12.2 Å². The van der Waals surface area contributed by atoms with Crippen LogP contribution < -0.4 is 0 Å². The Morgan fingerprint density at radius 3 is 2.57 bits per heavy atom. The zero-order chi connectivity index (χ0) is 11.2. The van der Waals surface area contributed by atoms with Crippen molar-refractivity contribution in [3.05, 3.63) is 12.2 Å². The molecule has 14 heavy (non-hydrogen) atoms. The van der Waals surface area contributed by atoms with Crippen molar-refractivity contribution in [2.45, 2.75) is 17.7 Å². The van der Waals surface area contributed by atoms with E-state index in [1.165, 1.54) is 0 Å². The van der Waals surface area contributed by atoms with Crippen LogP contribution in [0.3, 0.4) is 0 Å². The third kappa shape index (κ3) is 6.43. The van der Waals surface area contributed by atoms with E-state index in [1.54, 1.807) is 6.92 Å². The van der Waals surface area contributed by atoms with E-state index >= 15 is 0 Å². The van der Waals surface area contributed by atoms with Crippen LogP contribution in [0.4, 0.5) is 0 Å². The molecule has 0 saturated heterocycles. The zero-order valence-corrected chi connectivity index (χ0v) is 11.8. The average Bonchev–Trinajstić information content (AvgIpc) is 2.03. The van der Waals surface area contributed by atoms with E-state index in [-0.39, 0.29) is 13.2 Å². The van der Waals surface area contributed by atoms with E-state index in [0.29, 0.717) is 22.5 Å². The quantitative estimate of drug-likeness (QED) is 0.308. The fourth-order valence-electron chi connectivity index (χ4n) is 0.700. The van der Waals surface area contributed by atoms with Crippen LogP contribution in [0.2, 0.25) is 0 Å². The number of carbonyl (C=O) groups excluding carboxylic acids is 1. The molecule has 82 valence electrons. The highest BCUT2D eigenvalue weighted by Crippen LogP contribution is 2.25. The monoisotopic (exact) mass is 256 g/mol. The number of esters is 1. The normalized spacial score (nSPS) is 11.4. The molecule has 0 aromatic carbocycles. The van der Waals surface area contributed by atoms with Gasteiger partial charge in [0.05, 0.1) is 13.2 Å². The molecule has 0 aliphatic heterocycles. The Morgan fingerprint density at radius 2 is 2.14 bits per heavy atom. The van der Waals surface area contributed by atoms with Gasteiger partial charge in [-0.05, 0) is 6.92 Å². The molecule has 0 aliphatic carbocycles. The van der Waals surface area contributed by atoms with Crippen LogP contribution in [0.1, 0.15) is 13.3 Å². The summed E-state index contributed by atoms with van der Waals surface area (Å²) in [7, 11) is 0.582. The maximum Gasteiger partial charge on any atom is 0.333 e. The lowest BCUT2D eigenvalue weighted by Gasteiger charge is -2.18. The summed E-state index contributed by atoms with van der Waals surface area (Å²) in [5.41, 5.74) is 0.360. The van der Waals surface area contributed by atoms with Crippen LogP contribution in [0.5, 0.6) is 0 Å². The molecule has 0 amide bonds. The molecule has 0 heterocycles. The number of alkyl halides is 2. The van der Waals surface area contributed by atoms with Gasteiger partial charge < -0.3 is 9.16 Å². The van der Waals surface area contributed by atoms with Crippen LogP contribution in [-0.2, 0) is 14.0 Å². The Hall–Kier alpha value is -0.0331. The molecule has 0 N–H and O–H groups in total. The summed E-state index contributed by atoms with van der Waals surface area (Å²) in [6.45, 7) is 5.46. The Kier molecular flexibility index (Phi) is 6.44. The fraction of sp³-hybridized carbons (Fsp3) is 0.625. The first kappa shape index (κ1) is 14.0. The minimum absolute atomic E-state index is 0.170. The molecule has 3 nitrogen and oxygen atoms in total. The SMILES string of the molecule is C=C(C)C(=O)OCCC(Cl)(Cl)CO[SiH3]. The van der Waals surface area contributed by atoms with Crippen LogP contribution in [0, 0.1) is 0 Å². The van der Waals surface area contributed by atoms with Crippen molar-refractivity contribution in [3.63, 3.8) is 0 Å². The summed E-state index contributed by atoms with van der Waals surface area (Å²) in [5, 5.41) is 0. The van der Waals surface area contributed by atoms with Gasteiger partial charge in [-0.25, -0.2) is 4.79 Å². The molecule has 0 saturated carbocycles. The number of hydrogen-bond donors (Lipinski definition) is 0. The topological polar surface area (TPSA) is 35.5 Å². The van der Waals surface area contributed by atoms with Gasteiger partial charge in [0, 0.05) is 12.0 Å². The number of ether oxygens (including phenoxy) is 1. The van der Waals surface area contributed by atoms with Gasteiger partial charge in [-0.15, -0.1) is 0 Å². The lowest BCUT2D eigenvalue weighted by atomic mass is 10.3.